The molecule has 0 spiro atoms. The van der Waals surface area contributed by atoms with Crippen molar-refractivity contribution in [3.8, 4) is 0 Å². The molecule has 19 heavy (non-hydrogen) atoms. The molecule has 0 fully saturated rings. The highest BCUT2D eigenvalue weighted by molar-refractivity contribution is 4.73. The van der Waals surface area contributed by atoms with Crippen LogP contribution in [-0.4, -0.2) is 39.1 Å². The molecule has 0 amide bonds. The number of hydrogen-bond acceptors (Lipinski definition) is 3. The first kappa shape index (κ1) is 18.9. The van der Waals surface area contributed by atoms with Gasteiger partial charge in [0.15, 0.2) is 0 Å². The maximum atomic E-state index is 5.92. The summed E-state index contributed by atoms with van der Waals surface area (Å²) in [6, 6.07) is 0. The third-order valence-corrected chi connectivity index (χ3v) is 3.26. The van der Waals surface area contributed by atoms with Crippen molar-refractivity contribution in [3.63, 3.8) is 0 Å². The second kappa shape index (κ2) is 8.93. The van der Waals surface area contributed by atoms with Crippen LogP contribution in [0.25, 0.3) is 0 Å². The molecule has 0 aliphatic rings. The largest absolute Gasteiger partial charge is 0.381 e. The molecule has 3 nitrogen and oxygen atoms in total. The van der Waals surface area contributed by atoms with Crippen LogP contribution >= 0.6 is 0 Å². The van der Waals surface area contributed by atoms with E-state index in [1.807, 2.05) is 6.92 Å². The number of hydrogen-bond donors (Lipinski definition) is 0. The zero-order valence-corrected chi connectivity index (χ0v) is 14.0. The molecule has 1 unspecified atom stereocenters. The van der Waals surface area contributed by atoms with Crippen LogP contribution < -0.4 is 0 Å². The standard InChI is InChI=1S/C16H34O3/c1-8-16(7,12-17-9-2)13-18-10-15(5,6)11-19-14(3)4/h14H,8-13H2,1-7H3. The van der Waals surface area contributed by atoms with E-state index < -0.39 is 0 Å². The predicted octanol–water partition coefficient (Wildman–Crippen LogP) is 3.91. The molecule has 3 heteroatoms. The van der Waals surface area contributed by atoms with E-state index in [0.29, 0.717) is 0 Å². The van der Waals surface area contributed by atoms with Crippen LogP contribution in [0.5, 0.6) is 0 Å². The topological polar surface area (TPSA) is 27.7 Å². The molecular formula is C16H34O3. The number of ether oxygens (including phenoxy) is 3. The summed E-state index contributed by atoms with van der Waals surface area (Å²) in [5.74, 6) is 0. The van der Waals surface area contributed by atoms with Gasteiger partial charge in [-0.15, -0.1) is 0 Å². The summed E-state index contributed by atoms with van der Waals surface area (Å²) in [5.41, 5.74) is 0.176. The summed E-state index contributed by atoms with van der Waals surface area (Å²) < 4.78 is 17.1. The molecule has 1 atom stereocenters. The molecule has 116 valence electrons. The van der Waals surface area contributed by atoms with Gasteiger partial charge in [0.05, 0.1) is 32.5 Å². The van der Waals surface area contributed by atoms with Gasteiger partial charge in [0.2, 0.25) is 0 Å². The van der Waals surface area contributed by atoms with Gasteiger partial charge >= 0.3 is 0 Å². The second-order valence-corrected chi connectivity index (χ2v) is 6.82. The highest BCUT2D eigenvalue weighted by atomic mass is 16.5. The first-order valence-corrected chi connectivity index (χ1v) is 7.52. The van der Waals surface area contributed by atoms with Crippen molar-refractivity contribution >= 4 is 0 Å². The van der Waals surface area contributed by atoms with Gasteiger partial charge in [-0.2, -0.15) is 0 Å². The second-order valence-electron chi connectivity index (χ2n) is 6.82. The van der Waals surface area contributed by atoms with Gasteiger partial charge in [0.1, 0.15) is 0 Å². The highest BCUT2D eigenvalue weighted by Crippen LogP contribution is 2.24. The van der Waals surface area contributed by atoms with Crippen LogP contribution in [0, 0.1) is 10.8 Å². The van der Waals surface area contributed by atoms with E-state index in [1.54, 1.807) is 0 Å². The van der Waals surface area contributed by atoms with Gasteiger partial charge < -0.3 is 14.2 Å². The van der Waals surface area contributed by atoms with E-state index in [-0.39, 0.29) is 16.9 Å². The van der Waals surface area contributed by atoms with Crippen molar-refractivity contribution in [2.45, 2.75) is 61.0 Å². The van der Waals surface area contributed by atoms with Crippen molar-refractivity contribution in [2.75, 3.05) is 33.0 Å². The van der Waals surface area contributed by atoms with Crippen LogP contribution in [0.1, 0.15) is 54.9 Å². The van der Waals surface area contributed by atoms with Crippen LogP contribution in [0.4, 0.5) is 0 Å². The molecule has 0 N–H and O–H groups in total. The third-order valence-electron chi connectivity index (χ3n) is 3.26. The van der Waals surface area contributed by atoms with E-state index in [4.69, 9.17) is 14.2 Å². The Morgan fingerprint density at radius 3 is 1.89 bits per heavy atom. The Morgan fingerprint density at radius 2 is 1.42 bits per heavy atom. The van der Waals surface area contributed by atoms with Crippen molar-refractivity contribution < 1.29 is 14.2 Å². The SMILES string of the molecule is CCOCC(C)(CC)COCC(C)(C)COC(C)C. The Kier molecular flexibility index (Phi) is 8.88. The quantitative estimate of drug-likeness (QED) is 0.572. The molecule has 0 saturated carbocycles. The van der Waals surface area contributed by atoms with E-state index in [0.717, 1.165) is 39.5 Å². The minimum Gasteiger partial charge on any atom is -0.381 e. The average Bonchev–Trinajstić information content (AvgIpc) is 2.34. The maximum absolute atomic E-state index is 5.92. The first-order chi connectivity index (χ1) is 8.74. The Bertz CT molecular complexity index is 226. The zero-order valence-electron chi connectivity index (χ0n) is 14.0. The van der Waals surface area contributed by atoms with Gasteiger partial charge in [-0.3, -0.25) is 0 Å². The van der Waals surface area contributed by atoms with Crippen molar-refractivity contribution in [1.82, 2.24) is 0 Å². The summed E-state index contributed by atoms with van der Waals surface area (Å²) in [7, 11) is 0. The Balaban J connectivity index is 4.03. The van der Waals surface area contributed by atoms with Crippen LogP contribution in [0.15, 0.2) is 0 Å². The molecule has 0 bridgehead atoms. The molecule has 0 aliphatic carbocycles. The predicted molar refractivity (Wildman–Crippen MR) is 80.6 cm³/mol. The fourth-order valence-electron chi connectivity index (χ4n) is 1.60. The zero-order chi connectivity index (χ0) is 14.9. The molecule has 0 saturated heterocycles. The lowest BCUT2D eigenvalue weighted by molar-refractivity contribution is -0.0590. The molecule has 0 radical (unpaired) electrons. The number of rotatable bonds is 11. The minimum absolute atomic E-state index is 0.0601. The average molecular weight is 274 g/mol. The van der Waals surface area contributed by atoms with Gasteiger partial charge in [-0.1, -0.05) is 27.7 Å². The fourth-order valence-corrected chi connectivity index (χ4v) is 1.60. The molecule has 0 heterocycles. The van der Waals surface area contributed by atoms with Gasteiger partial charge in [0.25, 0.3) is 0 Å². The summed E-state index contributed by atoms with van der Waals surface area (Å²) in [6.45, 7) is 18.7. The van der Waals surface area contributed by atoms with Crippen molar-refractivity contribution in [1.29, 1.82) is 0 Å². The molecule has 0 aliphatic heterocycles. The molecule has 0 rings (SSSR count). The van der Waals surface area contributed by atoms with Crippen LogP contribution in [0.2, 0.25) is 0 Å². The fraction of sp³-hybridized carbons (Fsp3) is 1.00. The van der Waals surface area contributed by atoms with E-state index >= 15 is 0 Å². The lowest BCUT2D eigenvalue weighted by Crippen LogP contribution is -2.33. The smallest absolute Gasteiger partial charge is 0.0542 e. The summed E-state index contributed by atoms with van der Waals surface area (Å²) >= 11 is 0. The third kappa shape index (κ3) is 9.42. The normalized spacial score (nSPS) is 15.8. The van der Waals surface area contributed by atoms with Crippen molar-refractivity contribution in [2.24, 2.45) is 10.8 Å². The lowest BCUT2D eigenvalue weighted by atomic mass is 9.89. The maximum Gasteiger partial charge on any atom is 0.0542 e. The van der Waals surface area contributed by atoms with E-state index in [1.165, 1.54) is 0 Å². The molecular weight excluding hydrogens is 240 g/mol. The van der Waals surface area contributed by atoms with Crippen LogP contribution in [0.3, 0.4) is 0 Å². The Morgan fingerprint density at radius 1 is 0.842 bits per heavy atom. The van der Waals surface area contributed by atoms with E-state index in [2.05, 4.69) is 41.5 Å². The summed E-state index contributed by atoms with van der Waals surface area (Å²) in [6.07, 6.45) is 1.34. The minimum atomic E-state index is 0.0601. The van der Waals surface area contributed by atoms with E-state index in [9.17, 15) is 0 Å². The summed E-state index contributed by atoms with van der Waals surface area (Å²) in [4.78, 5) is 0. The Hall–Kier alpha value is -0.120. The van der Waals surface area contributed by atoms with Crippen LogP contribution in [-0.2, 0) is 14.2 Å². The molecule has 0 aromatic rings. The lowest BCUT2D eigenvalue weighted by Gasteiger charge is -2.31. The highest BCUT2D eigenvalue weighted by Gasteiger charge is 2.25. The molecule has 0 aromatic carbocycles. The summed E-state index contributed by atoms with van der Waals surface area (Å²) in [5, 5.41) is 0. The first-order valence-electron chi connectivity index (χ1n) is 7.52. The van der Waals surface area contributed by atoms with Crippen molar-refractivity contribution in [3.05, 3.63) is 0 Å². The molecule has 0 aromatic heterocycles. The van der Waals surface area contributed by atoms with Gasteiger partial charge in [0, 0.05) is 17.4 Å². The Labute approximate surface area is 120 Å². The van der Waals surface area contributed by atoms with Gasteiger partial charge in [-0.05, 0) is 27.2 Å². The van der Waals surface area contributed by atoms with Gasteiger partial charge in [-0.25, -0.2) is 0 Å². The monoisotopic (exact) mass is 274 g/mol.